The Bertz CT molecular complexity index is 1050. The highest BCUT2D eigenvalue weighted by Gasteiger charge is 2.24. The molecule has 1 heterocycles. The highest BCUT2D eigenvalue weighted by molar-refractivity contribution is 9.11. The molecule has 0 amide bonds. The standard InChI is InChI=1S/C16H9Br3O6/c1-24-16-13(22)9-11(20)6(4-25-15(9)10(19)14(16)23)5-2-7(17)12(21)8(18)3-5/h2-4,21-23H,1H3. The molecular formula is C16H9Br3O6. The van der Waals surface area contributed by atoms with Crippen LogP contribution in [0.15, 0.2) is 41.0 Å². The van der Waals surface area contributed by atoms with Gasteiger partial charge in [0.05, 0.1) is 21.6 Å². The average Bonchev–Trinajstić information content (AvgIpc) is 2.57. The van der Waals surface area contributed by atoms with Crippen LogP contribution in [0.4, 0.5) is 0 Å². The molecular weight excluding hydrogens is 528 g/mol. The molecule has 0 bridgehead atoms. The summed E-state index contributed by atoms with van der Waals surface area (Å²) in [7, 11) is 1.26. The molecule has 130 valence electrons. The molecule has 0 aliphatic rings. The Kier molecular flexibility index (Phi) is 4.74. The number of phenols is 3. The maximum Gasteiger partial charge on any atom is 0.205 e. The smallest absolute Gasteiger partial charge is 0.205 e. The molecule has 1 aromatic heterocycles. The lowest BCUT2D eigenvalue weighted by atomic mass is 10.0. The SMILES string of the molecule is COc1c(O)c(Br)c2occ(-c3cc(Br)c(O)c(Br)c3)c(=O)c2c1O. The minimum absolute atomic E-state index is 0.00823. The molecule has 0 unspecified atom stereocenters. The lowest BCUT2D eigenvalue weighted by Crippen LogP contribution is -2.06. The molecule has 0 saturated heterocycles. The fourth-order valence-corrected chi connectivity index (χ4v) is 4.05. The molecule has 3 N–H and O–H groups in total. The summed E-state index contributed by atoms with van der Waals surface area (Å²) in [4.78, 5) is 12.9. The minimum Gasteiger partial charge on any atom is -0.506 e. The molecule has 0 radical (unpaired) electrons. The van der Waals surface area contributed by atoms with Gasteiger partial charge in [-0.25, -0.2) is 0 Å². The Morgan fingerprint density at radius 3 is 2.16 bits per heavy atom. The first-order valence-corrected chi connectivity index (χ1v) is 9.07. The van der Waals surface area contributed by atoms with Crippen molar-refractivity contribution in [3.63, 3.8) is 0 Å². The van der Waals surface area contributed by atoms with Crippen LogP contribution >= 0.6 is 47.8 Å². The van der Waals surface area contributed by atoms with Crippen LogP contribution in [0.5, 0.6) is 23.0 Å². The normalized spacial score (nSPS) is 11.0. The van der Waals surface area contributed by atoms with E-state index < -0.39 is 11.2 Å². The van der Waals surface area contributed by atoms with Gasteiger partial charge in [0.2, 0.25) is 11.2 Å². The summed E-state index contributed by atoms with van der Waals surface area (Å²) in [5.41, 5.74) is 0.0716. The van der Waals surface area contributed by atoms with Crippen molar-refractivity contribution in [1.29, 1.82) is 0 Å². The van der Waals surface area contributed by atoms with E-state index in [2.05, 4.69) is 47.8 Å². The number of phenolic OH excluding ortho intramolecular Hbond substituents is 3. The van der Waals surface area contributed by atoms with E-state index in [1.807, 2.05) is 0 Å². The van der Waals surface area contributed by atoms with Gasteiger partial charge in [0.25, 0.3) is 0 Å². The van der Waals surface area contributed by atoms with Crippen LogP contribution in [0.2, 0.25) is 0 Å². The number of methoxy groups -OCH3 is 1. The average molecular weight is 537 g/mol. The molecule has 0 aliphatic heterocycles. The van der Waals surface area contributed by atoms with Gasteiger partial charge in [-0.3, -0.25) is 4.79 Å². The van der Waals surface area contributed by atoms with Gasteiger partial charge in [-0.05, 0) is 65.5 Å². The first kappa shape index (κ1) is 18.1. The zero-order valence-corrected chi connectivity index (χ0v) is 17.2. The number of halogens is 3. The third-order valence-corrected chi connectivity index (χ3v) is 5.54. The summed E-state index contributed by atoms with van der Waals surface area (Å²) < 4.78 is 11.3. The van der Waals surface area contributed by atoms with Crippen molar-refractivity contribution in [2.75, 3.05) is 7.11 Å². The first-order chi connectivity index (χ1) is 11.8. The summed E-state index contributed by atoms with van der Waals surface area (Å²) in [6.45, 7) is 0. The molecule has 3 aromatic rings. The summed E-state index contributed by atoms with van der Waals surface area (Å²) >= 11 is 9.54. The lowest BCUT2D eigenvalue weighted by Gasteiger charge is -2.12. The molecule has 3 rings (SSSR count). The molecule has 0 saturated carbocycles. The minimum atomic E-state index is -0.526. The number of hydrogen-bond acceptors (Lipinski definition) is 6. The van der Waals surface area contributed by atoms with Crippen molar-refractivity contribution in [1.82, 2.24) is 0 Å². The summed E-state index contributed by atoms with van der Waals surface area (Å²) in [6.07, 6.45) is 1.21. The molecule has 0 spiro atoms. The van der Waals surface area contributed by atoms with Crippen LogP contribution in [0, 0.1) is 0 Å². The largest absolute Gasteiger partial charge is 0.506 e. The highest BCUT2D eigenvalue weighted by Crippen LogP contribution is 2.47. The fourth-order valence-electron chi connectivity index (χ4n) is 2.39. The zero-order valence-electron chi connectivity index (χ0n) is 12.4. The third kappa shape index (κ3) is 2.80. The van der Waals surface area contributed by atoms with E-state index >= 15 is 0 Å². The highest BCUT2D eigenvalue weighted by atomic mass is 79.9. The second-order valence-electron chi connectivity index (χ2n) is 5.02. The summed E-state index contributed by atoms with van der Waals surface area (Å²) in [6, 6.07) is 3.09. The van der Waals surface area contributed by atoms with Crippen LogP contribution in [0.25, 0.3) is 22.1 Å². The fraction of sp³-hybridized carbons (Fsp3) is 0.0625. The van der Waals surface area contributed by atoms with Crippen molar-refractivity contribution in [2.24, 2.45) is 0 Å². The Balaban J connectivity index is 2.41. The molecule has 0 atom stereocenters. The monoisotopic (exact) mass is 534 g/mol. The lowest BCUT2D eigenvalue weighted by molar-refractivity contribution is 0.345. The number of fused-ring (bicyclic) bond motifs is 1. The van der Waals surface area contributed by atoms with Gasteiger partial charge < -0.3 is 24.5 Å². The molecule has 25 heavy (non-hydrogen) atoms. The Hall–Kier alpha value is -1.71. The zero-order chi connectivity index (χ0) is 18.5. The summed E-state index contributed by atoms with van der Waals surface area (Å²) in [5, 5.41) is 30.0. The van der Waals surface area contributed by atoms with Gasteiger partial charge in [-0.1, -0.05) is 0 Å². The number of aromatic hydroxyl groups is 3. The van der Waals surface area contributed by atoms with Crippen molar-refractivity contribution < 1.29 is 24.5 Å². The predicted molar refractivity (Wildman–Crippen MR) is 103 cm³/mol. The molecule has 9 heteroatoms. The van der Waals surface area contributed by atoms with Crippen molar-refractivity contribution in [3.05, 3.63) is 42.0 Å². The van der Waals surface area contributed by atoms with Gasteiger partial charge in [0.15, 0.2) is 17.1 Å². The van der Waals surface area contributed by atoms with E-state index in [4.69, 9.17) is 9.15 Å². The summed E-state index contributed by atoms with van der Waals surface area (Å²) in [5.74, 6) is -1.15. The van der Waals surface area contributed by atoms with Crippen molar-refractivity contribution in [2.45, 2.75) is 0 Å². The number of rotatable bonds is 2. The predicted octanol–water partition coefficient (Wildman–Crippen LogP) is 4.87. The maximum absolute atomic E-state index is 12.9. The van der Waals surface area contributed by atoms with Gasteiger partial charge in [-0.2, -0.15) is 0 Å². The quantitative estimate of drug-likeness (QED) is 0.432. The molecule has 6 nitrogen and oxygen atoms in total. The second-order valence-corrected chi connectivity index (χ2v) is 7.52. The van der Waals surface area contributed by atoms with Crippen LogP contribution in [0.3, 0.4) is 0 Å². The van der Waals surface area contributed by atoms with Gasteiger partial charge in [0, 0.05) is 0 Å². The van der Waals surface area contributed by atoms with Crippen molar-refractivity contribution >= 4 is 58.8 Å². The number of ether oxygens (including phenoxy) is 1. The van der Waals surface area contributed by atoms with E-state index in [1.165, 1.54) is 13.4 Å². The topological polar surface area (TPSA) is 100 Å². The maximum atomic E-state index is 12.9. The van der Waals surface area contributed by atoms with Crippen LogP contribution in [-0.4, -0.2) is 22.4 Å². The van der Waals surface area contributed by atoms with E-state index in [1.54, 1.807) is 12.1 Å². The molecule has 0 aliphatic carbocycles. The first-order valence-electron chi connectivity index (χ1n) is 6.69. The number of hydrogen-bond donors (Lipinski definition) is 3. The van der Waals surface area contributed by atoms with Crippen LogP contribution in [-0.2, 0) is 0 Å². The van der Waals surface area contributed by atoms with Gasteiger partial charge >= 0.3 is 0 Å². The Morgan fingerprint density at radius 2 is 1.60 bits per heavy atom. The molecule has 2 aromatic carbocycles. The van der Waals surface area contributed by atoms with E-state index in [0.717, 1.165) is 0 Å². The Morgan fingerprint density at radius 1 is 1.00 bits per heavy atom. The number of benzene rings is 2. The van der Waals surface area contributed by atoms with Gasteiger partial charge in [0.1, 0.15) is 21.9 Å². The van der Waals surface area contributed by atoms with Gasteiger partial charge in [-0.15, -0.1) is 0 Å². The second kappa shape index (κ2) is 6.54. The van der Waals surface area contributed by atoms with E-state index in [-0.39, 0.29) is 38.3 Å². The van der Waals surface area contributed by atoms with E-state index in [0.29, 0.717) is 14.5 Å². The van der Waals surface area contributed by atoms with Crippen molar-refractivity contribution in [3.8, 4) is 34.1 Å². The molecule has 0 fully saturated rings. The van der Waals surface area contributed by atoms with E-state index in [9.17, 15) is 20.1 Å². The third-order valence-electron chi connectivity index (χ3n) is 3.60. The van der Waals surface area contributed by atoms with Crippen LogP contribution < -0.4 is 10.2 Å². The van der Waals surface area contributed by atoms with Crippen LogP contribution in [0.1, 0.15) is 0 Å². The Labute approximate surface area is 166 Å².